The topological polar surface area (TPSA) is 56.1 Å². The Labute approximate surface area is 128 Å². The van der Waals surface area contributed by atoms with Gasteiger partial charge in [-0.25, -0.2) is 0 Å². The quantitative estimate of drug-likeness (QED) is 0.923. The van der Waals surface area contributed by atoms with Crippen LogP contribution in [0.2, 0.25) is 0 Å². The van der Waals surface area contributed by atoms with Crippen LogP contribution in [0.1, 0.15) is 15.3 Å². The summed E-state index contributed by atoms with van der Waals surface area (Å²) in [5.74, 6) is 0.0957. The molecule has 0 spiro atoms. The summed E-state index contributed by atoms with van der Waals surface area (Å²) < 4.78 is 0. The number of likely N-dealkylation sites (N-methyl/N-ethyl adjacent to an activating group) is 1. The second-order valence-corrected chi connectivity index (χ2v) is 6.06. The first-order valence-electron chi connectivity index (χ1n) is 6.60. The zero-order chi connectivity index (χ0) is 15.2. The molecule has 0 bridgehead atoms. The first kappa shape index (κ1) is 15.1. The minimum absolute atomic E-state index is 0.0957. The van der Waals surface area contributed by atoms with Crippen LogP contribution in [-0.4, -0.2) is 24.9 Å². The molecular formula is C16H17N3OS. The van der Waals surface area contributed by atoms with Gasteiger partial charge in [0.2, 0.25) is 5.91 Å². The largest absolute Gasteiger partial charge is 0.380 e. The Hall–Kier alpha value is -2.32. The summed E-state index contributed by atoms with van der Waals surface area (Å²) in [6, 6.07) is 13.8. The molecule has 108 valence electrons. The van der Waals surface area contributed by atoms with Crippen LogP contribution in [0.5, 0.6) is 0 Å². The van der Waals surface area contributed by atoms with Gasteiger partial charge in [-0.1, -0.05) is 12.1 Å². The Bertz CT molecular complexity index is 653. The van der Waals surface area contributed by atoms with E-state index in [2.05, 4.69) is 11.4 Å². The minimum Gasteiger partial charge on any atom is -0.380 e. The van der Waals surface area contributed by atoms with Gasteiger partial charge < -0.3 is 10.2 Å². The van der Waals surface area contributed by atoms with Crippen molar-refractivity contribution >= 4 is 22.9 Å². The molecule has 2 aromatic rings. The second-order valence-electron chi connectivity index (χ2n) is 4.89. The molecule has 0 fully saturated rings. The van der Waals surface area contributed by atoms with Crippen molar-refractivity contribution < 1.29 is 4.79 Å². The fourth-order valence-corrected chi connectivity index (χ4v) is 2.54. The average molecular weight is 299 g/mol. The van der Waals surface area contributed by atoms with Crippen molar-refractivity contribution in [1.29, 1.82) is 5.26 Å². The molecule has 1 N–H and O–H groups in total. The van der Waals surface area contributed by atoms with Gasteiger partial charge in [0.05, 0.1) is 6.42 Å². The molecule has 0 aliphatic heterocycles. The van der Waals surface area contributed by atoms with Crippen LogP contribution in [0.15, 0.2) is 36.4 Å². The van der Waals surface area contributed by atoms with Crippen molar-refractivity contribution in [2.75, 3.05) is 19.4 Å². The molecule has 2 rings (SSSR count). The number of thiophene rings is 1. The SMILES string of the molecule is CN(C)C(=O)Cc1ccc(NCc2ccc(C#N)s2)cc1. The maximum absolute atomic E-state index is 11.6. The molecule has 5 heteroatoms. The molecule has 0 saturated heterocycles. The van der Waals surface area contributed by atoms with E-state index >= 15 is 0 Å². The summed E-state index contributed by atoms with van der Waals surface area (Å²) in [4.78, 5) is 15.1. The van der Waals surface area contributed by atoms with Gasteiger partial charge in [0.1, 0.15) is 10.9 Å². The van der Waals surface area contributed by atoms with Crippen LogP contribution < -0.4 is 5.32 Å². The van der Waals surface area contributed by atoms with Crippen molar-refractivity contribution in [1.82, 2.24) is 4.90 Å². The Balaban J connectivity index is 1.90. The molecule has 1 aromatic heterocycles. The van der Waals surface area contributed by atoms with Gasteiger partial charge in [0.25, 0.3) is 0 Å². The van der Waals surface area contributed by atoms with Gasteiger partial charge in [-0.15, -0.1) is 11.3 Å². The van der Waals surface area contributed by atoms with E-state index in [4.69, 9.17) is 5.26 Å². The highest BCUT2D eigenvalue weighted by molar-refractivity contribution is 7.12. The van der Waals surface area contributed by atoms with Crippen molar-refractivity contribution in [2.24, 2.45) is 0 Å². The zero-order valence-corrected chi connectivity index (χ0v) is 12.9. The number of hydrogen-bond donors (Lipinski definition) is 1. The standard InChI is InChI=1S/C16H17N3OS/c1-19(2)16(20)9-12-3-5-13(6-4-12)18-11-15-8-7-14(10-17)21-15/h3-8,18H,9,11H2,1-2H3. The average Bonchev–Trinajstić information content (AvgIpc) is 2.94. The monoisotopic (exact) mass is 299 g/mol. The molecule has 4 nitrogen and oxygen atoms in total. The number of anilines is 1. The number of nitriles is 1. The lowest BCUT2D eigenvalue weighted by Crippen LogP contribution is -2.23. The van der Waals surface area contributed by atoms with E-state index in [1.54, 1.807) is 19.0 Å². The van der Waals surface area contributed by atoms with Crippen LogP contribution in [0, 0.1) is 11.3 Å². The second kappa shape index (κ2) is 6.91. The van der Waals surface area contributed by atoms with Gasteiger partial charge in [-0.05, 0) is 29.8 Å². The lowest BCUT2D eigenvalue weighted by atomic mass is 10.1. The molecule has 0 unspecified atom stereocenters. The highest BCUT2D eigenvalue weighted by Crippen LogP contribution is 2.17. The minimum atomic E-state index is 0.0957. The van der Waals surface area contributed by atoms with Crippen LogP contribution in [0.4, 0.5) is 5.69 Å². The molecule has 1 heterocycles. The maximum atomic E-state index is 11.6. The van der Waals surface area contributed by atoms with E-state index in [1.165, 1.54) is 11.3 Å². The van der Waals surface area contributed by atoms with Crippen LogP contribution in [0.3, 0.4) is 0 Å². The van der Waals surface area contributed by atoms with Gasteiger partial charge in [0.15, 0.2) is 0 Å². The molecule has 1 aromatic carbocycles. The Morgan fingerprint density at radius 2 is 1.95 bits per heavy atom. The first-order valence-corrected chi connectivity index (χ1v) is 7.42. The molecular weight excluding hydrogens is 282 g/mol. The molecule has 21 heavy (non-hydrogen) atoms. The van der Waals surface area contributed by atoms with Gasteiger partial charge in [-0.3, -0.25) is 4.79 Å². The number of nitrogens with zero attached hydrogens (tertiary/aromatic N) is 2. The van der Waals surface area contributed by atoms with E-state index in [0.29, 0.717) is 13.0 Å². The summed E-state index contributed by atoms with van der Waals surface area (Å²) in [6.07, 6.45) is 0.420. The lowest BCUT2D eigenvalue weighted by Gasteiger charge is -2.10. The van der Waals surface area contributed by atoms with Crippen molar-refractivity contribution in [3.63, 3.8) is 0 Å². The highest BCUT2D eigenvalue weighted by atomic mass is 32.1. The third-order valence-corrected chi connectivity index (χ3v) is 4.04. The van der Waals surface area contributed by atoms with Crippen LogP contribution in [0.25, 0.3) is 0 Å². The Morgan fingerprint density at radius 1 is 1.24 bits per heavy atom. The van der Waals surface area contributed by atoms with E-state index < -0.39 is 0 Å². The predicted octanol–water partition coefficient (Wildman–Crippen LogP) is 2.86. The number of carbonyl (C=O) groups is 1. The Kier molecular flexibility index (Phi) is 4.96. The van der Waals surface area contributed by atoms with Gasteiger partial charge >= 0.3 is 0 Å². The summed E-state index contributed by atoms with van der Waals surface area (Å²) in [5.41, 5.74) is 2.00. The molecule has 0 atom stereocenters. The van der Waals surface area contributed by atoms with Crippen molar-refractivity contribution in [3.8, 4) is 6.07 Å². The molecule has 0 aliphatic carbocycles. The van der Waals surface area contributed by atoms with E-state index in [1.807, 2.05) is 36.4 Å². The number of rotatable bonds is 5. The summed E-state index contributed by atoms with van der Waals surface area (Å²) in [6.45, 7) is 0.697. The fourth-order valence-electron chi connectivity index (χ4n) is 1.80. The molecule has 1 amide bonds. The fraction of sp³-hybridized carbons (Fsp3) is 0.250. The normalized spacial score (nSPS) is 9.95. The number of amides is 1. The van der Waals surface area contributed by atoms with Crippen molar-refractivity contribution in [2.45, 2.75) is 13.0 Å². The number of benzene rings is 1. The smallest absolute Gasteiger partial charge is 0.226 e. The van der Waals surface area contributed by atoms with Crippen molar-refractivity contribution in [3.05, 3.63) is 51.7 Å². The highest BCUT2D eigenvalue weighted by Gasteiger charge is 2.05. The molecule has 0 radical (unpaired) electrons. The Morgan fingerprint density at radius 3 is 2.52 bits per heavy atom. The van der Waals surface area contributed by atoms with E-state index in [0.717, 1.165) is 21.0 Å². The third kappa shape index (κ3) is 4.33. The zero-order valence-electron chi connectivity index (χ0n) is 12.1. The number of hydrogen-bond acceptors (Lipinski definition) is 4. The van der Waals surface area contributed by atoms with E-state index in [-0.39, 0.29) is 5.91 Å². The predicted molar refractivity (Wildman–Crippen MR) is 85.2 cm³/mol. The first-order chi connectivity index (χ1) is 10.1. The summed E-state index contributed by atoms with van der Waals surface area (Å²) in [7, 11) is 3.52. The summed E-state index contributed by atoms with van der Waals surface area (Å²) >= 11 is 1.49. The molecule has 0 saturated carbocycles. The van der Waals surface area contributed by atoms with Gasteiger partial charge in [0, 0.05) is 31.2 Å². The van der Waals surface area contributed by atoms with E-state index in [9.17, 15) is 4.79 Å². The molecule has 0 aliphatic rings. The van der Waals surface area contributed by atoms with Crippen LogP contribution in [-0.2, 0) is 17.8 Å². The number of carbonyl (C=O) groups excluding carboxylic acids is 1. The number of nitrogens with one attached hydrogen (secondary N) is 1. The lowest BCUT2D eigenvalue weighted by molar-refractivity contribution is -0.127. The maximum Gasteiger partial charge on any atom is 0.226 e. The summed E-state index contributed by atoms with van der Waals surface area (Å²) in [5, 5.41) is 12.1. The van der Waals surface area contributed by atoms with Crippen LogP contribution >= 0.6 is 11.3 Å². The van der Waals surface area contributed by atoms with Gasteiger partial charge in [-0.2, -0.15) is 5.26 Å². The third-order valence-electron chi connectivity index (χ3n) is 3.05.